The molecule has 0 unspecified atom stereocenters. The molecular formula is C16H20N2O6S. The number of oxazole rings is 1. The van der Waals surface area contributed by atoms with Crippen LogP contribution in [0.3, 0.4) is 0 Å². The molecule has 0 spiro atoms. The maximum atomic E-state index is 12.9. The minimum absolute atomic E-state index is 0.0394. The van der Waals surface area contributed by atoms with Crippen LogP contribution in [0.4, 0.5) is 0 Å². The quantitative estimate of drug-likeness (QED) is 0.872. The second kappa shape index (κ2) is 6.30. The first kappa shape index (κ1) is 17.7. The fourth-order valence-corrected chi connectivity index (χ4v) is 5.14. The summed E-state index contributed by atoms with van der Waals surface area (Å²) in [6, 6.07) is 4.08. The Hall–Kier alpha value is -2.13. The summed E-state index contributed by atoms with van der Waals surface area (Å²) < 4.78 is 33.2. The number of benzene rings is 1. The van der Waals surface area contributed by atoms with Gasteiger partial charge in [-0.3, -0.25) is 9.36 Å². The zero-order chi connectivity index (χ0) is 18.4. The Kier molecular flexibility index (Phi) is 4.46. The molecule has 1 fully saturated rings. The zero-order valence-electron chi connectivity index (χ0n) is 14.0. The number of carboxylic acids is 1. The van der Waals surface area contributed by atoms with E-state index in [0.717, 1.165) is 11.0 Å². The van der Waals surface area contributed by atoms with Crippen LogP contribution in [0.1, 0.15) is 20.3 Å². The molecule has 0 aliphatic carbocycles. The monoisotopic (exact) mass is 368 g/mol. The van der Waals surface area contributed by atoms with Crippen LogP contribution in [0, 0.1) is 11.8 Å². The normalized spacial score (nSPS) is 22.3. The number of fused-ring (bicyclic) bond motifs is 1. The highest BCUT2D eigenvalue weighted by Crippen LogP contribution is 2.28. The largest absolute Gasteiger partial charge is 0.480 e. The molecule has 1 aromatic carbocycles. The van der Waals surface area contributed by atoms with Gasteiger partial charge in [-0.05, 0) is 30.4 Å². The van der Waals surface area contributed by atoms with Crippen molar-refractivity contribution in [1.29, 1.82) is 0 Å². The Bertz CT molecular complexity index is 964. The molecule has 136 valence electrons. The summed E-state index contributed by atoms with van der Waals surface area (Å²) in [5, 5.41) is 8.87. The fourth-order valence-electron chi connectivity index (χ4n) is 3.44. The Morgan fingerprint density at radius 3 is 2.52 bits per heavy atom. The van der Waals surface area contributed by atoms with Gasteiger partial charge in [-0.15, -0.1) is 0 Å². The molecule has 2 atom stereocenters. The van der Waals surface area contributed by atoms with Gasteiger partial charge in [0.15, 0.2) is 5.58 Å². The lowest BCUT2D eigenvalue weighted by molar-refractivity contribution is -0.137. The number of aromatic nitrogens is 1. The third-order valence-electron chi connectivity index (χ3n) is 4.41. The van der Waals surface area contributed by atoms with Gasteiger partial charge in [0.25, 0.3) is 0 Å². The number of aliphatic carboxylic acids is 1. The van der Waals surface area contributed by atoms with Gasteiger partial charge in [-0.25, -0.2) is 13.2 Å². The van der Waals surface area contributed by atoms with Gasteiger partial charge in [0.2, 0.25) is 10.0 Å². The molecule has 0 radical (unpaired) electrons. The number of nitrogens with zero attached hydrogens (tertiary/aromatic N) is 2. The molecule has 1 aliphatic rings. The van der Waals surface area contributed by atoms with E-state index in [-0.39, 0.29) is 27.8 Å². The number of carboxylic acid groups (broad SMARTS) is 1. The summed E-state index contributed by atoms with van der Waals surface area (Å²) >= 11 is 0. The second-order valence-electron chi connectivity index (χ2n) is 6.75. The maximum Gasteiger partial charge on any atom is 0.420 e. The van der Waals surface area contributed by atoms with Crippen molar-refractivity contribution in [3.63, 3.8) is 0 Å². The van der Waals surface area contributed by atoms with E-state index >= 15 is 0 Å². The number of hydrogen-bond acceptors (Lipinski definition) is 5. The van der Waals surface area contributed by atoms with Crippen LogP contribution < -0.4 is 5.76 Å². The minimum Gasteiger partial charge on any atom is -0.480 e. The van der Waals surface area contributed by atoms with E-state index in [9.17, 15) is 18.0 Å². The molecule has 1 aliphatic heterocycles. The van der Waals surface area contributed by atoms with Gasteiger partial charge in [0.05, 0.1) is 10.4 Å². The van der Waals surface area contributed by atoms with Crippen LogP contribution in [0.2, 0.25) is 0 Å². The van der Waals surface area contributed by atoms with Crippen molar-refractivity contribution in [3.05, 3.63) is 28.7 Å². The van der Waals surface area contributed by atoms with Crippen molar-refractivity contribution in [1.82, 2.24) is 8.87 Å². The molecule has 9 heteroatoms. The van der Waals surface area contributed by atoms with E-state index in [4.69, 9.17) is 9.52 Å². The Labute approximate surface area is 144 Å². The molecule has 3 rings (SSSR count). The van der Waals surface area contributed by atoms with E-state index in [1.807, 2.05) is 13.8 Å². The molecule has 0 bridgehead atoms. The Balaban J connectivity index is 2.01. The highest BCUT2D eigenvalue weighted by molar-refractivity contribution is 7.89. The topological polar surface area (TPSA) is 110 Å². The average Bonchev–Trinajstić information content (AvgIpc) is 2.81. The molecule has 0 saturated carbocycles. The van der Waals surface area contributed by atoms with Crippen LogP contribution in [-0.2, 0) is 21.4 Å². The third-order valence-corrected chi connectivity index (χ3v) is 6.23. The summed E-state index contributed by atoms with van der Waals surface area (Å²) in [6.45, 7) is 4.40. The van der Waals surface area contributed by atoms with Crippen molar-refractivity contribution in [3.8, 4) is 0 Å². The Morgan fingerprint density at radius 2 is 1.92 bits per heavy atom. The van der Waals surface area contributed by atoms with E-state index in [2.05, 4.69) is 0 Å². The molecule has 1 aromatic heterocycles. The van der Waals surface area contributed by atoms with E-state index in [1.54, 1.807) is 0 Å². The summed E-state index contributed by atoms with van der Waals surface area (Å²) in [4.78, 5) is 22.7. The number of carbonyl (C=O) groups is 1. The van der Waals surface area contributed by atoms with Gasteiger partial charge in [-0.1, -0.05) is 13.8 Å². The summed E-state index contributed by atoms with van der Waals surface area (Å²) in [5.74, 6) is -1.46. The van der Waals surface area contributed by atoms with Crippen molar-refractivity contribution in [2.45, 2.75) is 31.7 Å². The SMILES string of the molecule is C[C@@H]1C[C@@H](C)CN(S(=O)(=O)c2ccc3c(c2)oc(=O)n3CC(=O)O)C1. The predicted molar refractivity (Wildman–Crippen MR) is 89.8 cm³/mol. The first-order chi connectivity index (χ1) is 11.7. The highest BCUT2D eigenvalue weighted by Gasteiger charge is 2.32. The Morgan fingerprint density at radius 1 is 1.28 bits per heavy atom. The lowest BCUT2D eigenvalue weighted by atomic mass is 9.94. The minimum atomic E-state index is -3.70. The maximum absolute atomic E-state index is 12.9. The van der Waals surface area contributed by atoms with Crippen molar-refractivity contribution >= 4 is 27.1 Å². The molecule has 8 nitrogen and oxygen atoms in total. The number of hydrogen-bond donors (Lipinski definition) is 1. The smallest absolute Gasteiger partial charge is 0.420 e. The van der Waals surface area contributed by atoms with Crippen LogP contribution in [0.15, 0.2) is 32.3 Å². The molecule has 2 heterocycles. The van der Waals surface area contributed by atoms with Gasteiger partial charge in [0.1, 0.15) is 6.54 Å². The average molecular weight is 368 g/mol. The van der Waals surface area contributed by atoms with Crippen LogP contribution in [0.5, 0.6) is 0 Å². The van der Waals surface area contributed by atoms with Crippen LogP contribution in [0.25, 0.3) is 11.1 Å². The number of rotatable bonds is 4. The number of sulfonamides is 1. The molecule has 0 amide bonds. The van der Waals surface area contributed by atoms with Crippen LogP contribution in [-0.4, -0.2) is 41.5 Å². The molecule has 1 N–H and O–H groups in total. The van der Waals surface area contributed by atoms with Gasteiger partial charge in [-0.2, -0.15) is 4.31 Å². The lowest BCUT2D eigenvalue weighted by Crippen LogP contribution is -2.42. The molecular weight excluding hydrogens is 348 g/mol. The molecule has 2 aromatic rings. The second-order valence-corrected chi connectivity index (χ2v) is 8.68. The highest BCUT2D eigenvalue weighted by atomic mass is 32.2. The third kappa shape index (κ3) is 3.34. The predicted octanol–water partition coefficient (Wildman–Crippen LogP) is 1.35. The van der Waals surface area contributed by atoms with E-state index < -0.39 is 28.3 Å². The summed E-state index contributed by atoms with van der Waals surface area (Å²) in [5.41, 5.74) is 0.317. The van der Waals surface area contributed by atoms with Crippen molar-refractivity contribution < 1.29 is 22.7 Å². The molecule has 1 saturated heterocycles. The van der Waals surface area contributed by atoms with E-state index in [0.29, 0.717) is 13.1 Å². The lowest BCUT2D eigenvalue weighted by Gasteiger charge is -2.34. The van der Waals surface area contributed by atoms with Crippen LogP contribution >= 0.6 is 0 Å². The van der Waals surface area contributed by atoms with E-state index in [1.165, 1.54) is 22.5 Å². The summed E-state index contributed by atoms with van der Waals surface area (Å²) in [7, 11) is -3.70. The van der Waals surface area contributed by atoms with Gasteiger partial charge >= 0.3 is 11.7 Å². The molecule has 25 heavy (non-hydrogen) atoms. The zero-order valence-corrected chi connectivity index (χ0v) is 14.8. The van der Waals surface area contributed by atoms with Gasteiger partial charge < -0.3 is 9.52 Å². The van der Waals surface area contributed by atoms with Crippen molar-refractivity contribution in [2.75, 3.05) is 13.1 Å². The standard InChI is InChI=1S/C16H20N2O6S/c1-10-5-11(2)8-17(7-10)25(22,23)12-3-4-13-14(6-12)24-16(21)18(13)9-15(19)20/h3-4,6,10-11H,5,7-9H2,1-2H3,(H,19,20)/t10-,11-/m1/s1. The number of piperidine rings is 1. The first-order valence-electron chi connectivity index (χ1n) is 8.04. The van der Waals surface area contributed by atoms with Gasteiger partial charge in [0, 0.05) is 19.2 Å². The fraction of sp³-hybridized carbons (Fsp3) is 0.500. The first-order valence-corrected chi connectivity index (χ1v) is 9.48. The van der Waals surface area contributed by atoms with Crippen molar-refractivity contribution in [2.24, 2.45) is 11.8 Å². The summed E-state index contributed by atoms with van der Waals surface area (Å²) in [6.07, 6.45) is 0.984.